The molecule has 1 saturated carbocycles. The highest BCUT2D eigenvalue weighted by atomic mass is 16.5. The first-order chi connectivity index (χ1) is 10.2. The van der Waals surface area contributed by atoms with Crippen molar-refractivity contribution in [1.29, 1.82) is 0 Å². The maximum atomic E-state index is 12.2. The van der Waals surface area contributed by atoms with Crippen LogP contribution in [-0.2, 0) is 4.79 Å². The zero-order valence-electron chi connectivity index (χ0n) is 11.7. The van der Waals surface area contributed by atoms with E-state index in [1.54, 1.807) is 24.3 Å². The number of ether oxygens (including phenoxy) is 1. The Hall–Kier alpha value is -2.24. The summed E-state index contributed by atoms with van der Waals surface area (Å²) >= 11 is 0. The highest BCUT2D eigenvalue weighted by Gasteiger charge is 2.40. The minimum atomic E-state index is -0.0294. The molecule has 3 N–H and O–H groups in total. The summed E-state index contributed by atoms with van der Waals surface area (Å²) in [5.41, 5.74) is 6.08. The van der Waals surface area contributed by atoms with Gasteiger partial charge in [-0.15, -0.1) is 0 Å². The summed E-state index contributed by atoms with van der Waals surface area (Å²) in [5, 5.41) is 11.7. The van der Waals surface area contributed by atoms with Crippen LogP contribution in [0.4, 0.5) is 0 Å². The number of para-hydroxylation sites is 1. The molecule has 2 bridgehead atoms. The topological polar surface area (TPSA) is 88.1 Å². The minimum Gasteiger partial charge on any atom is -0.483 e. The Kier molecular flexibility index (Phi) is 3.68. The van der Waals surface area contributed by atoms with Crippen molar-refractivity contribution in [2.75, 3.05) is 13.2 Å². The number of nitrogens with two attached hydrogens (primary N) is 1. The lowest BCUT2D eigenvalue weighted by atomic mass is 10.1. The normalized spacial score (nSPS) is 24.4. The van der Waals surface area contributed by atoms with Gasteiger partial charge in [-0.1, -0.05) is 17.3 Å². The Morgan fingerprint density at radius 3 is 2.90 bits per heavy atom. The maximum Gasteiger partial charge on any atom is 0.260 e. The van der Waals surface area contributed by atoms with Crippen LogP contribution in [0.25, 0.3) is 0 Å². The van der Waals surface area contributed by atoms with Crippen LogP contribution in [0, 0.1) is 5.92 Å². The van der Waals surface area contributed by atoms with Gasteiger partial charge in [0.05, 0.1) is 5.56 Å². The number of oxime groups is 1. The van der Waals surface area contributed by atoms with Gasteiger partial charge in [-0.3, -0.25) is 4.79 Å². The first kappa shape index (κ1) is 13.7. The molecule has 1 amide bonds. The Bertz CT molecular complexity index is 573. The van der Waals surface area contributed by atoms with Gasteiger partial charge < -0.3 is 20.6 Å². The second kappa shape index (κ2) is 5.63. The molecule has 6 nitrogen and oxygen atoms in total. The monoisotopic (exact) mass is 289 g/mol. The van der Waals surface area contributed by atoms with Gasteiger partial charge in [0, 0.05) is 12.6 Å². The summed E-state index contributed by atoms with van der Waals surface area (Å²) < 4.78 is 5.58. The van der Waals surface area contributed by atoms with E-state index in [2.05, 4.69) is 5.16 Å². The molecule has 0 radical (unpaired) electrons. The molecule has 2 aliphatic rings. The third-order valence-corrected chi connectivity index (χ3v) is 4.35. The first-order valence-corrected chi connectivity index (χ1v) is 7.18. The van der Waals surface area contributed by atoms with E-state index in [1.807, 2.05) is 4.90 Å². The van der Waals surface area contributed by atoms with Crippen LogP contribution in [0.3, 0.4) is 0 Å². The largest absolute Gasteiger partial charge is 0.483 e. The number of carbonyl (C=O) groups is 1. The zero-order valence-corrected chi connectivity index (χ0v) is 11.7. The number of hydrogen-bond donors (Lipinski definition) is 2. The van der Waals surface area contributed by atoms with Crippen molar-refractivity contribution in [3.63, 3.8) is 0 Å². The molecule has 0 spiro atoms. The van der Waals surface area contributed by atoms with Gasteiger partial charge in [-0.2, -0.15) is 0 Å². The van der Waals surface area contributed by atoms with Crippen LogP contribution in [-0.4, -0.2) is 41.0 Å². The molecule has 112 valence electrons. The third-order valence-electron chi connectivity index (χ3n) is 4.35. The van der Waals surface area contributed by atoms with Crippen LogP contribution < -0.4 is 10.5 Å². The maximum absolute atomic E-state index is 12.2. The SMILES string of the molecule is NC(=NO)c1ccccc1OCC(=O)N1CC2CCC1C2. The van der Waals surface area contributed by atoms with Crippen molar-refractivity contribution in [3.8, 4) is 5.75 Å². The summed E-state index contributed by atoms with van der Waals surface area (Å²) in [4.78, 5) is 14.2. The summed E-state index contributed by atoms with van der Waals surface area (Å²) in [6.07, 6.45) is 3.48. The quantitative estimate of drug-likeness (QED) is 0.377. The lowest BCUT2D eigenvalue weighted by Gasteiger charge is -2.27. The van der Waals surface area contributed by atoms with E-state index >= 15 is 0 Å². The van der Waals surface area contributed by atoms with Crippen LogP contribution in [0.1, 0.15) is 24.8 Å². The van der Waals surface area contributed by atoms with Gasteiger partial charge in [-0.05, 0) is 37.3 Å². The van der Waals surface area contributed by atoms with Gasteiger partial charge in [0.15, 0.2) is 12.4 Å². The lowest BCUT2D eigenvalue weighted by Crippen LogP contribution is -2.40. The lowest BCUT2D eigenvalue weighted by molar-refractivity contribution is -0.135. The van der Waals surface area contributed by atoms with E-state index in [0.29, 0.717) is 23.3 Å². The van der Waals surface area contributed by atoms with Gasteiger partial charge in [-0.25, -0.2) is 0 Å². The number of benzene rings is 1. The predicted octanol–water partition coefficient (Wildman–Crippen LogP) is 1.17. The molecular weight excluding hydrogens is 270 g/mol. The molecular formula is C15H19N3O3. The van der Waals surface area contributed by atoms with E-state index in [-0.39, 0.29) is 18.3 Å². The number of amidine groups is 1. The standard InChI is InChI=1S/C15H19N3O3/c16-15(17-20)12-3-1-2-4-13(12)21-9-14(19)18-8-10-5-6-11(18)7-10/h1-4,10-11,20H,5-9H2,(H2,16,17). The minimum absolute atomic E-state index is 0.0107. The highest BCUT2D eigenvalue weighted by Crippen LogP contribution is 2.37. The number of hydrogen-bond acceptors (Lipinski definition) is 4. The Labute approximate surface area is 123 Å². The molecule has 3 rings (SSSR count). The second-order valence-electron chi connectivity index (χ2n) is 5.65. The average Bonchev–Trinajstić information content (AvgIpc) is 3.15. The van der Waals surface area contributed by atoms with Crippen LogP contribution in [0.5, 0.6) is 5.75 Å². The summed E-state index contributed by atoms with van der Waals surface area (Å²) in [6, 6.07) is 7.34. The molecule has 1 aromatic rings. The number of piperidine rings is 1. The van der Waals surface area contributed by atoms with E-state index in [4.69, 9.17) is 15.7 Å². The van der Waals surface area contributed by atoms with Crippen LogP contribution in [0.2, 0.25) is 0 Å². The summed E-state index contributed by atoms with van der Waals surface area (Å²) in [7, 11) is 0. The fourth-order valence-electron chi connectivity index (χ4n) is 3.31. The summed E-state index contributed by atoms with van der Waals surface area (Å²) in [6.45, 7) is 0.841. The van der Waals surface area contributed by atoms with Gasteiger partial charge in [0.25, 0.3) is 5.91 Å². The Balaban J connectivity index is 1.64. The van der Waals surface area contributed by atoms with Crippen molar-refractivity contribution >= 4 is 11.7 Å². The molecule has 1 saturated heterocycles. The summed E-state index contributed by atoms with van der Waals surface area (Å²) in [5.74, 6) is 1.10. The number of fused-ring (bicyclic) bond motifs is 2. The number of carbonyl (C=O) groups excluding carboxylic acids is 1. The molecule has 1 aliphatic carbocycles. The first-order valence-electron chi connectivity index (χ1n) is 7.18. The van der Waals surface area contributed by atoms with E-state index in [9.17, 15) is 4.79 Å². The van der Waals surface area contributed by atoms with Crippen molar-refractivity contribution in [3.05, 3.63) is 29.8 Å². The van der Waals surface area contributed by atoms with Crippen molar-refractivity contribution in [2.24, 2.45) is 16.8 Å². The van der Waals surface area contributed by atoms with Gasteiger partial charge in [0.1, 0.15) is 5.75 Å². The molecule has 1 aromatic carbocycles. The van der Waals surface area contributed by atoms with E-state index < -0.39 is 0 Å². The highest BCUT2D eigenvalue weighted by molar-refractivity contribution is 5.99. The van der Waals surface area contributed by atoms with Gasteiger partial charge >= 0.3 is 0 Å². The smallest absolute Gasteiger partial charge is 0.260 e. The zero-order chi connectivity index (χ0) is 14.8. The van der Waals surface area contributed by atoms with Crippen molar-refractivity contribution in [2.45, 2.75) is 25.3 Å². The predicted molar refractivity (Wildman–Crippen MR) is 77.3 cm³/mol. The molecule has 1 heterocycles. The third kappa shape index (κ3) is 2.66. The molecule has 1 aliphatic heterocycles. The molecule has 0 aromatic heterocycles. The van der Waals surface area contributed by atoms with Crippen LogP contribution in [0.15, 0.2) is 29.4 Å². The average molecular weight is 289 g/mol. The molecule has 2 atom stereocenters. The van der Waals surface area contributed by atoms with E-state index in [1.165, 1.54) is 6.42 Å². The van der Waals surface area contributed by atoms with Crippen molar-refractivity contribution in [1.82, 2.24) is 4.90 Å². The van der Waals surface area contributed by atoms with Crippen molar-refractivity contribution < 1.29 is 14.7 Å². The van der Waals surface area contributed by atoms with Gasteiger partial charge in [0.2, 0.25) is 0 Å². The second-order valence-corrected chi connectivity index (χ2v) is 5.65. The Morgan fingerprint density at radius 2 is 2.24 bits per heavy atom. The fraction of sp³-hybridized carbons (Fsp3) is 0.467. The molecule has 2 unspecified atom stereocenters. The number of amides is 1. The fourth-order valence-corrected chi connectivity index (χ4v) is 3.31. The van der Waals surface area contributed by atoms with Crippen LogP contribution >= 0.6 is 0 Å². The molecule has 6 heteroatoms. The molecule has 2 fully saturated rings. The molecule has 21 heavy (non-hydrogen) atoms. The number of nitrogens with zero attached hydrogens (tertiary/aromatic N) is 2. The number of rotatable bonds is 4. The van der Waals surface area contributed by atoms with E-state index in [0.717, 1.165) is 19.4 Å². The number of likely N-dealkylation sites (tertiary alicyclic amines) is 1. The Morgan fingerprint density at radius 1 is 1.43 bits per heavy atom.